The van der Waals surface area contributed by atoms with Gasteiger partial charge in [-0.05, 0) is 34.5 Å². The molecule has 1 atom stereocenters. The highest BCUT2D eigenvalue weighted by Gasteiger charge is 2.26. The first-order valence-corrected chi connectivity index (χ1v) is 8.03. The molecule has 4 aromatic carbocycles. The van der Waals surface area contributed by atoms with Crippen molar-refractivity contribution in [3.63, 3.8) is 0 Å². The van der Waals surface area contributed by atoms with Crippen LogP contribution in [-0.2, 0) is 0 Å². The molecule has 110 valence electrons. The summed E-state index contributed by atoms with van der Waals surface area (Å²) in [5.41, 5.74) is 3.83. The first-order valence-electron chi connectivity index (χ1n) is 8.03. The lowest BCUT2D eigenvalue weighted by atomic mass is 9.86. The van der Waals surface area contributed by atoms with E-state index in [4.69, 9.17) is 4.74 Å². The normalized spacial score (nSPS) is 16.0. The highest BCUT2D eigenvalue weighted by molar-refractivity contribution is 6.09. The van der Waals surface area contributed by atoms with Crippen molar-refractivity contribution in [2.45, 2.75) is 13.0 Å². The standard InChI is InChI=1S/C22H16O/c1-14-17-12-10-15-6-2-4-8-18(15)21(17)22-19-9-5-3-7-16(19)11-13-20(22)23-14/h2-14H,1H3. The number of ether oxygens (including phenoxy) is 1. The quantitative estimate of drug-likeness (QED) is 0.380. The van der Waals surface area contributed by atoms with Crippen LogP contribution in [0.15, 0.2) is 72.8 Å². The van der Waals surface area contributed by atoms with Crippen LogP contribution in [0.4, 0.5) is 0 Å². The smallest absolute Gasteiger partial charge is 0.128 e. The second-order valence-corrected chi connectivity index (χ2v) is 6.17. The van der Waals surface area contributed by atoms with Gasteiger partial charge in [0.2, 0.25) is 0 Å². The van der Waals surface area contributed by atoms with Gasteiger partial charge in [0.05, 0.1) is 0 Å². The zero-order chi connectivity index (χ0) is 15.4. The Hall–Kier alpha value is -2.80. The summed E-state index contributed by atoms with van der Waals surface area (Å²) < 4.78 is 6.22. The molecule has 1 heteroatoms. The molecular formula is C22H16O. The second-order valence-electron chi connectivity index (χ2n) is 6.17. The Morgan fingerprint density at radius 2 is 1.26 bits per heavy atom. The predicted molar refractivity (Wildman–Crippen MR) is 95.9 cm³/mol. The fourth-order valence-corrected chi connectivity index (χ4v) is 3.77. The van der Waals surface area contributed by atoms with E-state index in [-0.39, 0.29) is 6.10 Å². The molecule has 0 saturated carbocycles. The minimum absolute atomic E-state index is 0.0725. The molecule has 0 spiro atoms. The number of benzene rings is 4. The van der Waals surface area contributed by atoms with Crippen LogP contribution in [0.1, 0.15) is 18.6 Å². The maximum Gasteiger partial charge on any atom is 0.128 e. The molecule has 0 amide bonds. The van der Waals surface area contributed by atoms with Crippen molar-refractivity contribution in [3.05, 3.63) is 78.4 Å². The minimum Gasteiger partial charge on any atom is -0.485 e. The molecule has 1 aliphatic heterocycles. The Balaban J connectivity index is 2.01. The van der Waals surface area contributed by atoms with Gasteiger partial charge in [-0.2, -0.15) is 0 Å². The van der Waals surface area contributed by atoms with E-state index in [0.717, 1.165) is 5.75 Å². The Labute approximate surface area is 135 Å². The van der Waals surface area contributed by atoms with Gasteiger partial charge >= 0.3 is 0 Å². The molecule has 23 heavy (non-hydrogen) atoms. The molecule has 0 N–H and O–H groups in total. The first kappa shape index (κ1) is 12.7. The molecule has 0 aliphatic carbocycles. The monoisotopic (exact) mass is 296 g/mol. The average molecular weight is 296 g/mol. The highest BCUT2D eigenvalue weighted by Crippen LogP contribution is 2.48. The van der Waals surface area contributed by atoms with Gasteiger partial charge in [-0.1, -0.05) is 66.7 Å². The van der Waals surface area contributed by atoms with Gasteiger partial charge in [0.15, 0.2) is 0 Å². The van der Waals surface area contributed by atoms with Gasteiger partial charge in [-0.15, -0.1) is 0 Å². The summed E-state index contributed by atoms with van der Waals surface area (Å²) in [4.78, 5) is 0. The zero-order valence-corrected chi connectivity index (χ0v) is 12.9. The van der Waals surface area contributed by atoms with Crippen molar-refractivity contribution < 1.29 is 4.74 Å². The van der Waals surface area contributed by atoms with Crippen LogP contribution in [0, 0.1) is 0 Å². The van der Waals surface area contributed by atoms with Gasteiger partial charge in [-0.25, -0.2) is 0 Å². The van der Waals surface area contributed by atoms with Gasteiger partial charge in [-0.3, -0.25) is 0 Å². The fraction of sp³-hybridized carbons (Fsp3) is 0.0909. The van der Waals surface area contributed by atoms with Gasteiger partial charge in [0.25, 0.3) is 0 Å². The maximum absolute atomic E-state index is 6.22. The van der Waals surface area contributed by atoms with E-state index < -0.39 is 0 Å². The largest absolute Gasteiger partial charge is 0.485 e. The van der Waals surface area contributed by atoms with Crippen LogP contribution in [0.25, 0.3) is 32.7 Å². The van der Waals surface area contributed by atoms with Crippen molar-refractivity contribution >= 4 is 21.5 Å². The maximum atomic E-state index is 6.22. The Morgan fingerprint density at radius 3 is 2.00 bits per heavy atom. The Morgan fingerprint density at radius 1 is 0.652 bits per heavy atom. The fourth-order valence-electron chi connectivity index (χ4n) is 3.77. The van der Waals surface area contributed by atoms with E-state index in [1.807, 2.05) is 0 Å². The van der Waals surface area contributed by atoms with Crippen molar-refractivity contribution in [2.75, 3.05) is 0 Å². The number of hydrogen-bond donors (Lipinski definition) is 0. The van der Waals surface area contributed by atoms with Gasteiger partial charge in [0, 0.05) is 16.7 Å². The van der Waals surface area contributed by atoms with Crippen LogP contribution in [0.3, 0.4) is 0 Å². The Kier molecular flexibility index (Phi) is 2.54. The summed E-state index contributed by atoms with van der Waals surface area (Å²) >= 11 is 0. The number of fused-ring (bicyclic) bond motifs is 7. The molecule has 0 radical (unpaired) electrons. The number of hydrogen-bond acceptors (Lipinski definition) is 1. The van der Waals surface area contributed by atoms with Gasteiger partial charge in [0.1, 0.15) is 11.9 Å². The molecule has 5 rings (SSSR count). The summed E-state index contributed by atoms with van der Waals surface area (Å²) in [7, 11) is 0. The lowest BCUT2D eigenvalue weighted by molar-refractivity contribution is 0.224. The zero-order valence-electron chi connectivity index (χ0n) is 12.9. The van der Waals surface area contributed by atoms with Gasteiger partial charge < -0.3 is 4.74 Å². The molecule has 1 nitrogen and oxygen atoms in total. The van der Waals surface area contributed by atoms with E-state index in [2.05, 4.69) is 79.7 Å². The molecular weight excluding hydrogens is 280 g/mol. The molecule has 0 bridgehead atoms. The van der Waals surface area contributed by atoms with Crippen LogP contribution in [0.5, 0.6) is 5.75 Å². The predicted octanol–water partition coefficient (Wildman–Crippen LogP) is 6.11. The van der Waals surface area contributed by atoms with Crippen LogP contribution >= 0.6 is 0 Å². The SMILES string of the molecule is CC1Oc2ccc3ccccc3c2-c2c1ccc1ccccc21. The summed E-state index contributed by atoms with van der Waals surface area (Å²) in [6.07, 6.45) is 0.0725. The summed E-state index contributed by atoms with van der Waals surface area (Å²) in [6, 6.07) is 25.8. The minimum atomic E-state index is 0.0725. The Bertz CT molecular complexity index is 1060. The molecule has 4 aromatic rings. The van der Waals surface area contributed by atoms with Crippen LogP contribution < -0.4 is 4.74 Å². The van der Waals surface area contributed by atoms with E-state index in [1.54, 1.807) is 0 Å². The first-order chi connectivity index (χ1) is 11.3. The molecule has 0 aromatic heterocycles. The van der Waals surface area contributed by atoms with Crippen LogP contribution in [0.2, 0.25) is 0 Å². The molecule has 0 fully saturated rings. The lowest BCUT2D eigenvalue weighted by Gasteiger charge is -2.28. The van der Waals surface area contributed by atoms with Crippen molar-refractivity contribution in [1.29, 1.82) is 0 Å². The lowest BCUT2D eigenvalue weighted by Crippen LogP contribution is -2.11. The number of rotatable bonds is 0. The topological polar surface area (TPSA) is 9.23 Å². The summed E-state index contributed by atoms with van der Waals surface area (Å²) in [6.45, 7) is 2.13. The third-order valence-electron chi connectivity index (χ3n) is 4.84. The molecule has 1 heterocycles. The van der Waals surface area contributed by atoms with Crippen molar-refractivity contribution in [2.24, 2.45) is 0 Å². The average Bonchev–Trinajstić information content (AvgIpc) is 2.61. The molecule has 1 unspecified atom stereocenters. The van der Waals surface area contributed by atoms with Crippen molar-refractivity contribution in [1.82, 2.24) is 0 Å². The third kappa shape index (κ3) is 1.74. The summed E-state index contributed by atoms with van der Waals surface area (Å²) in [5, 5.41) is 5.09. The molecule has 1 aliphatic rings. The van der Waals surface area contributed by atoms with Crippen LogP contribution in [-0.4, -0.2) is 0 Å². The van der Waals surface area contributed by atoms with E-state index in [1.165, 1.54) is 38.2 Å². The molecule has 0 saturated heterocycles. The van der Waals surface area contributed by atoms with Crippen molar-refractivity contribution in [3.8, 4) is 16.9 Å². The third-order valence-corrected chi connectivity index (χ3v) is 4.84. The second kappa shape index (κ2) is 4.60. The summed E-state index contributed by atoms with van der Waals surface area (Å²) in [5.74, 6) is 0.986. The highest BCUT2D eigenvalue weighted by atomic mass is 16.5. The van der Waals surface area contributed by atoms with E-state index >= 15 is 0 Å². The van der Waals surface area contributed by atoms with E-state index in [0.29, 0.717) is 0 Å². The van der Waals surface area contributed by atoms with E-state index in [9.17, 15) is 0 Å².